The van der Waals surface area contributed by atoms with Crippen LogP contribution in [0.4, 0.5) is 5.69 Å². The molecule has 1 fully saturated rings. The number of sulfonamides is 1. The van der Waals surface area contributed by atoms with Gasteiger partial charge in [0, 0.05) is 44.0 Å². The number of benzene rings is 2. The van der Waals surface area contributed by atoms with E-state index in [-0.39, 0.29) is 10.8 Å². The molecule has 2 aliphatic heterocycles. The minimum absolute atomic E-state index is 0.0873. The van der Waals surface area contributed by atoms with Crippen molar-refractivity contribution in [3.05, 3.63) is 59.7 Å². The van der Waals surface area contributed by atoms with Gasteiger partial charge in [-0.25, -0.2) is 8.42 Å². The Hall–Kier alpha value is -2.22. The number of aryl methyl sites for hydroxylation is 1. The van der Waals surface area contributed by atoms with Crippen LogP contribution in [0.1, 0.15) is 22.3 Å². The van der Waals surface area contributed by atoms with Gasteiger partial charge < -0.3 is 9.80 Å². The van der Waals surface area contributed by atoms with E-state index in [1.54, 1.807) is 29.2 Å². The molecule has 7 heteroatoms. The lowest BCUT2D eigenvalue weighted by atomic mass is 10.0. The number of piperazine rings is 1. The van der Waals surface area contributed by atoms with Crippen molar-refractivity contribution in [3.8, 4) is 0 Å². The number of rotatable bonds is 3. The Morgan fingerprint density at radius 3 is 2.29 bits per heavy atom. The number of hydrogen-bond acceptors (Lipinski definition) is 4. The molecule has 1 amide bonds. The maximum absolute atomic E-state index is 13.0. The highest BCUT2D eigenvalue weighted by molar-refractivity contribution is 7.89. The van der Waals surface area contributed by atoms with Crippen LogP contribution < -0.4 is 4.90 Å². The number of para-hydroxylation sites is 1. The van der Waals surface area contributed by atoms with Crippen molar-refractivity contribution < 1.29 is 13.2 Å². The molecule has 0 spiro atoms. The molecule has 148 valence electrons. The predicted octanol–water partition coefficient (Wildman–Crippen LogP) is 2.22. The van der Waals surface area contributed by atoms with Crippen molar-refractivity contribution >= 4 is 21.6 Å². The zero-order valence-electron chi connectivity index (χ0n) is 16.0. The Labute approximate surface area is 166 Å². The van der Waals surface area contributed by atoms with E-state index in [0.29, 0.717) is 25.2 Å². The number of carbonyl (C=O) groups excluding carboxylic acids is 1. The van der Waals surface area contributed by atoms with E-state index >= 15 is 0 Å². The van der Waals surface area contributed by atoms with Crippen LogP contribution in [0.2, 0.25) is 0 Å². The topological polar surface area (TPSA) is 60.9 Å². The van der Waals surface area contributed by atoms with Crippen LogP contribution in [-0.4, -0.2) is 63.3 Å². The Bertz CT molecular complexity index is 965. The molecule has 2 heterocycles. The Kier molecular flexibility index (Phi) is 5.23. The zero-order chi connectivity index (χ0) is 19.7. The minimum atomic E-state index is -3.52. The third kappa shape index (κ3) is 3.57. The van der Waals surface area contributed by atoms with Gasteiger partial charge in [0.1, 0.15) is 0 Å². The minimum Gasteiger partial charge on any atom is -0.308 e. The van der Waals surface area contributed by atoms with Crippen LogP contribution in [0.25, 0.3) is 0 Å². The number of nitrogens with zero attached hydrogens (tertiary/aromatic N) is 3. The van der Waals surface area contributed by atoms with Gasteiger partial charge in [0.2, 0.25) is 10.0 Å². The summed E-state index contributed by atoms with van der Waals surface area (Å²) in [5, 5.41) is 0. The molecule has 4 rings (SSSR count). The third-order valence-corrected chi connectivity index (χ3v) is 7.47. The highest BCUT2D eigenvalue weighted by Crippen LogP contribution is 2.28. The Morgan fingerprint density at radius 2 is 1.57 bits per heavy atom. The highest BCUT2D eigenvalue weighted by atomic mass is 32.2. The molecule has 28 heavy (non-hydrogen) atoms. The molecule has 0 aliphatic carbocycles. The van der Waals surface area contributed by atoms with Crippen molar-refractivity contribution in [2.75, 3.05) is 44.7 Å². The normalized spacial score (nSPS) is 18.7. The maximum Gasteiger partial charge on any atom is 0.258 e. The summed E-state index contributed by atoms with van der Waals surface area (Å²) in [6.45, 7) is 3.11. The average molecular weight is 400 g/mol. The largest absolute Gasteiger partial charge is 0.308 e. The van der Waals surface area contributed by atoms with E-state index in [4.69, 9.17) is 0 Å². The first-order chi connectivity index (χ1) is 13.5. The van der Waals surface area contributed by atoms with Gasteiger partial charge in [-0.3, -0.25) is 4.79 Å². The van der Waals surface area contributed by atoms with Crippen LogP contribution >= 0.6 is 0 Å². The monoisotopic (exact) mass is 399 g/mol. The fourth-order valence-electron chi connectivity index (χ4n) is 3.85. The van der Waals surface area contributed by atoms with Crippen LogP contribution in [0, 0.1) is 0 Å². The van der Waals surface area contributed by atoms with Crippen LogP contribution in [0.5, 0.6) is 0 Å². The van der Waals surface area contributed by atoms with E-state index in [2.05, 4.69) is 11.0 Å². The molecular formula is C21H25N3O3S. The summed E-state index contributed by atoms with van der Waals surface area (Å²) in [6.07, 6.45) is 1.90. The average Bonchev–Trinajstić information content (AvgIpc) is 2.73. The smallest absolute Gasteiger partial charge is 0.258 e. The summed E-state index contributed by atoms with van der Waals surface area (Å²) >= 11 is 0. The Morgan fingerprint density at radius 1 is 0.893 bits per heavy atom. The second kappa shape index (κ2) is 7.66. The fraction of sp³-hybridized carbons (Fsp3) is 0.381. The highest BCUT2D eigenvalue weighted by Gasteiger charge is 2.28. The standard InChI is InChI=1S/C21H25N3O3S/c1-22-13-15-23(16-14-22)28(26,27)19-10-8-18(9-11-19)21(25)24-12-4-6-17-5-2-3-7-20(17)24/h2-3,5,7-11H,4,6,12-16H2,1H3. The summed E-state index contributed by atoms with van der Waals surface area (Å²) in [4.78, 5) is 17.2. The summed E-state index contributed by atoms with van der Waals surface area (Å²) < 4.78 is 27.2. The number of likely N-dealkylation sites (N-methyl/N-ethyl adjacent to an activating group) is 1. The predicted molar refractivity (Wildman–Crippen MR) is 109 cm³/mol. The van der Waals surface area contributed by atoms with Gasteiger partial charge >= 0.3 is 0 Å². The molecule has 2 aliphatic rings. The molecule has 0 bridgehead atoms. The second-order valence-corrected chi connectivity index (χ2v) is 9.36. The van der Waals surface area contributed by atoms with Gasteiger partial charge in [0.25, 0.3) is 5.91 Å². The number of amides is 1. The number of hydrogen-bond donors (Lipinski definition) is 0. The molecular weight excluding hydrogens is 374 g/mol. The molecule has 0 atom stereocenters. The maximum atomic E-state index is 13.0. The summed E-state index contributed by atoms with van der Waals surface area (Å²) in [6, 6.07) is 14.3. The molecule has 2 aromatic rings. The molecule has 6 nitrogen and oxygen atoms in total. The SMILES string of the molecule is CN1CCN(S(=O)(=O)c2ccc(C(=O)N3CCCc4ccccc43)cc2)CC1. The van der Waals surface area contributed by atoms with Crippen molar-refractivity contribution in [1.82, 2.24) is 9.21 Å². The molecule has 0 unspecified atom stereocenters. The van der Waals surface area contributed by atoms with E-state index in [1.807, 2.05) is 25.2 Å². The van der Waals surface area contributed by atoms with Gasteiger partial charge in [0.15, 0.2) is 0 Å². The van der Waals surface area contributed by atoms with Crippen LogP contribution in [0.15, 0.2) is 53.4 Å². The van der Waals surface area contributed by atoms with Crippen molar-refractivity contribution in [2.24, 2.45) is 0 Å². The van der Waals surface area contributed by atoms with Gasteiger partial charge in [-0.05, 0) is 55.8 Å². The number of carbonyl (C=O) groups is 1. The molecule has 2 aromatic carbocycles. The molecule has 0 aromatic heterocycles. The lowest BCUT2D eigenvalue weighted by Crippen LogP contribution is -2.47. The number of anilines is 1. The zero-order valence-corrected chi connectivity index (χ0v) is 16.9. The van der Waals surface area contributed by atoms with Gasteiger partial charge in [-0.1, -0.05) is 18.2 Å². The molecule has 0 radical (unpaired) electrons. The summed E-state index contributed by atoms with van der Waals surface area (Å²) in [7, 11) is -1.53. The van der Waals surface area contributed by atoms with E-state index in [1.165, 1.54) is 9.87 Å². The summed E-state index contributed by atoms with van der Waals surface area (Å²) in [5.41, 5.74) is 2.64. The van der Waals surface area contributed by atoms with E-state index < -0.39 is 10.0 Å². The van der Waals surface area contributed by atoms with E-state index in [9.17, 15) is 13.2 Å². The lowest BCUT2D eigenvalue weighted by Gasteiger charge is -2.31. The van der Waals surface area contributed by atoms with Crippen molar-refractivity contribution in [1.29, 1.82) is 0 Å². The van der Waals surface area contributed by atoms with Gasteiger partial charge in [0.05, 0.1) is 4.90 Å². The molecule has 0 saturated carbocycles. The first-order valence-electron chi connectivity index (χ1n) is 9.65. The van der Waals surface area contributed by atoms with E-state index in [0.717, 1.165) is 31.6 Å². The molecule has 0 N–H and O–H groups in total. The fourth-order valence-corrected chi connectivity index (χ4v) is 5.27. The lowest BCUT2D eigenvalue weighted by molar-refractivity contribution is 0.0985. The van der Waals surface area contributed by atoms with Crippen LogP contribution in [-0.2, 0) is 16.4 Å². The first kappa shape index (κ1) is 19.1. The van der Waals surface area contributed by atoms with Crippen molar-refractivity contribution in [2.45, 2.75) is 17.7 Å². The first-order valence-corrected chi connectivity index (χ1v) is 11.1. The second-order valence-electron chi connectivity index (χ2n) is 7.42. The summed E-state index contributed by atoms with van der Waals surface area (Å²) in [5.74, 6) is -0.0873. The van der Waals surface area contributed by atoms with Gasteiger partial charge in [-0.15, -0.1) is 0 Å². The quantitative estimate of drug-likeness (QED) is 0.794. The Balaban J connectivity index is 1.55. The number of fused-ring (bicyclic) bond motifs is 1. The molecule has 1 saturated heterocycles. The van der Waals surface area contributed by atoms with Crippen molar-refractivity contribution in [3.63, 3.8) is 0 Å². The van der Waals surface area contributed by atoms with Crippen LogP contribution in [0.3, 0.4) is 0 Å². The third-order valence-electron chi connectivity index (χ3n) is 5.56. The van der Waals surface area contributed by atoms with Gasteiger partial charge in [-0.2, -0.15) is 4.31 Å².